The summed E-state index contributed by atoms with van der Waals surface area (Å²) in [6.45, 7) is 6.60. The van der Waals surface area contributed by atoms with Crippen molar-refractivity contribution in [1.82, 2.24) is 24.7 Å². The first kappa shape index (κ1) is 20.3. The Morgan fingerprint density at radius 1 is 1.10 bits per heavy atom. The highest BCUT2D eigenvalue weighted by Gasteiger charge is 2.25. The summed E-state index contributed by atoms with van der Waals surface area (Å²) in [5.41, 5.74) is 4.37. The number of fused-ring (bicyclic) bond motifs is 1. The highest BCUT2D eigenvalue weighted by molar-refractivity contribution is 7.15. The Hall–Kier alpha value is -2.61. The molecule has 0 saturated carbocycles. The zero-order valence-electron chi connectivity index (χ0n) is 18.2. The van der Waals surface area contributed by atoms with Crippen LogP contribution in [0.15, 0.2) is 23.3 Å². The van der Waals surface area contributed by atoms with Crippen molar-refractivity contribution in [3.63, 3.8) is 0 Å². The van der Waals surface area contributed by atoms with Gasteiger partial charge in [-0.3, -0.25) is 4.79 Å². The average molecular weight is 437 g/mol. The third-order valence-electron chi connectivity index (χ3n) is 6.45. The standard InChI is InChI=1S/C23H28N6OS/c1-15-22(31-16(2)26-15)20-7-8-21(30)29(27-20)13-17-9-11-28(12-10-17)23-18-5-3-4-6-19(18)24-14-25-23/h7-8,14,17H,3-6,9-13H2,1-2H3. The number of rotatable bonds is 4. The predicted octanol–water partition coefficient (Wildman–Crippen LogP) is 3.57. The first-order valence-electron chi connectivity index (χ1n) is 11.2. The predicted molar refractivity (Wildman–Crippen MR) is 123 cm³/mol. The molecular weight excluding hydrogens is 408 g/mol. The summed E-state index contributed by atoms with van der Waals surface area (Å²) in [5.74, 6) is 1.58. The van der Waals surface area contributed by atoms with Gasteiger partial charge >= 0.3 is 0 Å². The van der Waals surface area contributed by atoms with Gasteiger partial charge in [0.05, 0.1) is 15.6 Å². The van der Waals surface area contributed by atoms with E-state index < -0.39 is 0 Å². The largest absolute Gasteiger partial charge is 0.356 e. The maximum atomic E-state index is 12.5. The monoisotopic (exact) mass is 436 g/mol. The van der Waals surface area contributed by atoms with Crippen molar-refractivity contribution in [3.8, 4) is 10.6 Å². The molecule has 7 nitrogen and oxygen atoms in total. The average Bonchev–Trinajstić information content (AvgIpc) is 3.13. The van der Waals surface area contributed by atoms with Gasteiger partial charge in [0.1, 0.15) is 17.8 Å². The topological polar surface area (TPSA) is 76.8 Å². The number of aryl methyl sites for hydroxylation is 3. The molecule has 31 heavy (non-hydrogen) atoms. The van der Waals surface area contributed by atoms with Gasteiger partial charge in [0.15, 0.2) is 0 Å². The Labute approximate surface area is 186 Å². The Kier molecular flexibility index (Phi) is 5.56. The SMILES string of the molecule is Cc1nc(C)c(-c2ccc(=O)n(CC3CCN(c4ncnc5c4CCCC5)CC3)n2)s1. The first-order chi connectivity index (χ1) is 15.1. The van der Waals surface area contributed by atoms with Crippen LogP contribution in [0.25, 0.3) is 10.6 Å². The van der Waals surface area contributed by atoms with Crippen LogP contribution in [0.2, 0.25) is 0 Å². The zero-order valence-corrected chi connectivity index (χ0v) is 19.0. The van der Waals surface area contributed by atoms with Crippen LogP contribution in [0.4, 0.5) is 5.82 Å². The maximum absolute atomic E-state index is 12.5. The van der Waals surface area contributed by atoms with E-state index >= 15 is 0 Å². The van der Waals surface area contributed by atoms with Crippen LogP contribution >= 0.6 is 11.3 Å². The minimum absolute atomic E-state index is 0.0325. The molecule has 0 spiro atoms. The summed E-state index contributed by atoms with van der Waals surface area (Å²) in [5, 5.41) is 5.71. The molecule has 1 aliphatic heterocycles. The molecule has 0 bridgehead atoms. The molecular formula is C23H28N6OS. The van der Waals surface area contributed by atoms with Gasteiger partial charge in [0.2, 0.25) is 0 Å². The molecule has 0 amide bonds. The maximum Gasteiger partial charge on any atom is 0.266 e. The number of nitrogens with zero attached hydrogens (tertiary/aromatic N) is 6. The highest BCUT2D eigenvalue weighted by Crippen LogP contribution is 2.31. The molecule has 0 atom stereocenters. The van der Waals surface area contributed by atoms with Gasteiger partial charge in [-0.2, -0.15) is 5.10 Å². The summed E-state index contributed by atoms with van der Waals surface area (Å²) in [4.78, 5) is 29.6. The summed E-state index contributed by atoms with van der Waals surface area (Å²) in [7, 11) is 0. The van der Waals surface area contributed by atoms with E-state index in [1.807, 2.05) is 19.9 Å². The van der Waals surface area contributed by atoms with Crippen LogP contribution < -0.4 is 10.5 Å². The molecule has 5 rings (SSSR count). The van der Waals surface area contributed by atoms with E-state index in [4.69, 9.17) is 0 Å². The number of hydrogen-bond donors (Lipinski definition) is 0. The van der Waals surface area contributed by atoms with Crippen LogP contribution in [-0.2, 0) is 19.4 Å². The fourth-order valence-corrected chi connectivity index (χ4v) is 5.70. The van der Waals surface area contributed by atoms with E-state index in [0.29, 0.717) is 12.5 Å². The molecule has 1 aliphatic carbocycles. The van der Waals surface area contributed by atoms with Crippen LogP contribution in [0, 0.1) is 19.8 Å². The van der Waals surface area contributed by atoms with E-state index in [2.05, 4.69) is 25.0 Å². The normalized spacial score (nSPS) is 17.0. The second kappa shape index (κ2) is 8.49. The fourth-order valence-electron chi connectivity index (χ4n) is 4.82. The second-order valence-corrected chi connectivity index (χ2v) is 9.85. The molecule has 162 valence electrons. The summed E-state index contributed by atoms with van der Waals surface area (Å²) in [6.07, 6.45) is 8.43. The van der Waals surface area contributed by atoms with Crippen LogP contribution in [0.3, 0.4) is 0 Å². The molecule has 0 radical (unpaired) electrons. The van der Waals surface area contributed by atoms with Crippen LogP contribution in [-0.4, -0.2) is 37.8 Å². The Morgan fingerprint density at radius 2 is 1.90 bits per heavy atom. The van der Waals surface area contributed by atoms with Gasteiger partial charge in [-0.1, -0.05) is 0 Å². The van der Waals surface area contributed by atoms with Gasteiger partial charge in [-0.05, 0) is 64.4 Å². The Morgan fingerprint density at radius 3 is 2.68 bits per heavy atom. The number of thiazole rings is 1. The van der Waals surface area contributed by atoms with Crippen molar-refractivity contribution in [1.29, 1.82) is 0 Å². The highest BCUT2D eigenvalue weighted by atomic mass is 32.1. The van der Waals surface area contributed by atoms with E-state index in [-0.39, 0.29) is 5.56 Å². The van der Waals surface area contributed by atoms with Crippen molar-refractivity contribution < 1.29 is 0 Å². The van der Waals surface area contributed by atoms with Gasteiger partial charge in [0, 0.05) is 37.0 Å². The van der Waals surface area contributed by atoms with E-state index in [1.54, 1.807) is 28.4 Å². The molecule has 3 aromatic rings. The van der Waals surface area contributed by atoms with Crippen molar-refractivity contribution in [2.45, 2.75) is 58.9 Å². The van der Waals surface area contributed by atoms with Crippen molar-refractivity contribution in [2.75, 3.05) is 18.0 Å². The molecule has 1 fully saturated rings. The smallest absolute Gasteiger partial charge is 0.266 e. The summed E-state index contributed by atoms with van der Waals surface area (Å²) >= 11 is 1.63. The minimum Gasteiger partial charge on any atom is -0.356 e. The fraction of sp³-hybridized carbons (Fsp3) is 0.522. The molecule has 3 aromatic heterocycles. The van der Waals surface area contributed by atoms with Gasteiger partial charge in [-0.15, -0.1) is 11.3 Å². The lowest BCUT2D eigenvalue weighted by atomic mass is 9.93. The van der Waals surface area contributed by atoms with Crippen molar-refractivity contribution >= 4 is 17.2 Å². The molecule has 0 unspecified atom stereocenters. The Bertz CT molecular complexity index is 1150. The molecule has 4 heterocycles. The zero-order chi connectivity index (χ0) is 21.4. The third-order valence-corrected chi connectivity index (χ3v) is 7.55. The second-order valence-electron chi connectivity index (χ2n) is 8.65. The van der Waals surface area contributed by atoms with Crippen LogP contribution in [0.5, 0.6) is 0 Å². The van der Waals surface area contributed by atoms with E-state index in [1.165, 1.54) is 24.1 Å². The molecule has 8 heteroatoms. The van der Waals surface area contributed by atoms with Gasteiger partial charge in [-0.25, -0.2) is 19.6 Å². The van der Waals surface area contributed by atoms with Crippen molar-refractivity contribution in [3.05, 3.63) is 50.8 Å². The van der Waals surface area contributed by atoms with Crippen LogP contribution in [0.1, 0.15) is 47.6 Å². The van der Waals surface area contributed by atoms with Gasteiger partial charge in [0.25, 0.3) is 5.56 Å². The molecule has 2 aliphatic rings. The van der Waals surface area contributed by atoms with Crippen molar-refractivity contribution in [2.24, 2.45) is 5.92 Å². The number of aromatic nitrogens is 5. The minimum atomic E-state index is -0.0325. The lowest BCUT2D eigenvalue weighted by molar-refractivity contribution is 0.334. The van der Waals surface area contributed by atoms with E-state index in [0.717, 1.165) is 65.9 Å². The Balaban J connectivity index is 1.29. The molecule has 0 aromatic carbocycles. The number of piperidine rings is 1. The first-order valence-corrected chi connectivity index (χ1v) is 12.0. The molecule has 0 N–H and O–H groups in total. The molecule has 1 saturated heterocycles. The lowest BCUT2D eigenvalue weighted by Crippen LogP contribution is -2.38. The lowest BCUT2D eigenvalue weighted by Gasteiger charge is -2.34. The summed E-state index contributed by atoms with van der Waals surface area (Å²) in [6, 6.07) is 3.46. The number of anilines is 1. The summed E-state index contributed by atoms with van der Waals surface area (Å²) < 4.78 is 1.65. The van der Waals surface area contributed by atoms with E-state index in [9.17, 15) is 4.79 Å². The third kappa shape index (κ3) is 4.13. The number of hydrogen-bond acceptors (Lipinski definition) is 7. The van der Waals surface area contributed by atoms with Gasteiger partial charge < -0.3 is 4.90 Å². The quantitative estimate of drug-likeness (QED) is 0.622.